The first kappa shape index (κ1) is 18.2. The van der Waals surface area contributed by atoms with Crippen molar-refractivity contribution in [3.63, 3.8) is 0 Å². The van der Waals surface area contributed by atoms with Gasteiger partial charge in [-0.25, -0.2) is 0 Å². The first-order valence-corrected chi connectivity index (χ1v) is 9.32. The lowest BCUT2D eigenvalue weighted by Crippen LogP contribution is -2.14. The summed E-state index contributed by atoms with van der Waals surface area (Å²) < 4.78 is 5.48. The van der Waals surface area contributed by atoms with E-state index >= 15 is 0 Å². The summed E-state index contributed by atoms with van der Waals surface area (Å²) in [7, 11) is 0. The molecule has 0 radical (unpaired) electrons. The molecular weight excluding hydrogens is 346 g/mol. The van der Waals surface area contributed by atoms with Crippen molar-refractivity contribution >= 4 is 23.7 Å². The van der Waals surface area contributed by atoms with Gasteiger partial charge in [-0.2, -0.15) is 0 Å². The minimum Gasteiger partial charge on any atom is -0.403 e. The molecule has 0 saturated heterocycles. The molecule has 26 heavy (non-hydrogen) atoms. The molecular formula is C20H21N3O2S. The molecule has 0 aliphatic rings. The average molecular weight is 367 g/mol. The topological polar surface area (TPSA) is 68.0 Å². The van der Waals surface area contributed by atoms with Crippen LogP contribution in [0, 0.1) is 0 Å². The molecule has 0 aliphatic carbocycles. The number of nitrogens with zero attached hydrogens (tertiary/aromatic N) is 2. The molecule has 1 aromatic heterocycles. The zero-order valence-electron chi connectivity index (χ0n) is 15.0. The van der Waals surface area contributed by atoms with Gasteiger partial charge in [0.15, 0.2) is 0 Å². The van der Waals surface area contributed by atoms with E-state index in [0.717, 1.165) is 10.5 Å². The number of thioether (sulfide) groups is 1. The SMILES string of the molecule is CC(C)(C)c1ccc(SCC(=O)Nc2nnc(-c3ccccc3)o2)cc1. The second kappa shape index (κ2) is 7.74. The molecule has 0 bridgehead atoms. The largest absolute Gasteiger partial charge is 0.403 e. The number of benzene rings is 2. The van der Waals surface area contributed by atoms with Crippen molar-refractivity contribution in [2.45, 2.75) is 31.1 Å². The lowest BCUT2D eigenvalue weighted by atomic mass is 9.87. The molecule has 1 N–H and O–H groups in total. The quantitative estimate of drug-likeness (QED) is 0.658. The smallest absolute Gasteiger partial charge is 0.322 e. The molecule has 0 saturated carbocycles. The van der Waals surface area contributed by atoms with E-state index in [1.807, 2.05) is 42.5 Å². The molecule has 3 rings (SSSR count). The van der Waals surface area contributed by atoms with Crippen LogP contribution in [-0.4, -0.2) is 21.9 Å². The van der Waals surface area contributed by atoms with Crippen molar-refractivity contribution in [2.75, 3.05) is 11.1 Å². The van der Waals surface area contributed by atoms with Crippen LogP contribution in [0.2, 0.25) is 0 Å². The zero-order valence-corrected chi connectivity index (χ0v) is 15.8. The third-order valence-electron chi connectivity index (χ3n) is 3.78. The van der Waals surface area contributed by atoms with Gasteiger partial charge in [0.05, 0.1) is 5.75 Å². The Labute approximate surface area is 157 Å². The van der Waals surface area contributed by atoms with Gasteiger partial charge in [0.2, 0.25) is 11.8 Å². The van der Waals surface area contributed by atoms with Crippen LogP contribution >= 0.6 is 11.8 Å². The minimum absolute atomic E-state index is 0.109. The molecule has 0 aliphatic heterocycles. The molecule has 0 atom stereocenters. The highest BCUT2D eigenvalue weighted by molar-refractivity contribution is 8.00. The zero-order chi connectivity index (χ0) is 18.6. The summed E-state index contributed by atoms with van der Waals surface area (Å²) in [6.07, 6.45) is 0. The van der Waals surface area contributed by atoms with Gasteiger partial charge in [-0.1, -0.05) is 56.2 Å². The Morgan fingerprint density at radius 2 is 1.73 bits per heavy atom. The Bertz CT molecular complexity index is 868. The maximum absolute atomic E-state index is 12.1. The van der Waals surface area contributed by atoms with Crippen LogP contribution in [0.1, 0.15) is 26.3 Å². The Morgan fingerprint density at radius 3 is 2.38 bits per heavy atom. The normalized spacial score (nSPS) is 11.3. The number of amides is 1. The van der Waals surface area contributed by atoms with Crippen molar-refractivity contribution in [1.82, 2.24) is 10.2 Å². The molecule has 5 nitrogen and oxygen atoms in total. The van der Waals surface area contributed by atoms with Crippen molar-refractivity contribution in [2.24, 2.45) is 0 Å². The second-order valence-electron chi connectivity index (χ2n) is 6.89. The van der Waals surface area contributed by atoms with Crippen molar-refractivity contribution in [3.8, 4) is 11.5 Å². The lowest BCUT2D eigenvalue weighted by molar-refractivity contribution is -0.113. The summed E-state index contributed by atoms with van der Waals surface area (Å²) >= 11 is 1.47. The first-order valence-electron chi connectivity index (χ1n) is 8.34. The number of carbonyl (C=O) groups excluding carboxylic acids is 1. The fourth-order valence-corrected chi connectivity index (χ4v) is 3.02. The standard InChI is InChI=1S/C20H21N3O2S/c1-20(2,3)15-9-11-16(12-10-15)26-13-17(24)21-19-23-22-18(25-19)14-7-5-4-6-8-14/h4-12H,13H2,1-3H3,(H,21,23,24). The van der Waals surface area contributed by atoms with Crippen molar-refractivity contribution in [3.05, 3.63) is 60.2 Å². The van der Waals surface area contributed by atoms with Gasteiger partial charge < -0.3 is 4.42 Å². The van der Waals surface area contributed by atoms with Gasteiger partial charge in [0.25, 0.3) is 0 Å². The number of hydrogen-bond donors (Lipinski definition) is 1. The van der Waals surface area contributed by atoms with Gasteiger partial charge in [0, 0.05) is 10.5 Å². The molecule has 134 valence electrons. The average Bonchev–Trinajstić information content (AvgIpc) is 3.09. The van der Waals surface area contributed by atoms with E-state index in [0.29, 0.717) is 5.89 Å². The summed E-state index contributed by atoms with van der Waals surface area (Å²) in [5, 5.41) is 10.5. The third kappa shape index (κ3) is 4.73. The van der Waals surface area contributed by atoms with Gasteiger partial charge in [-0.15, -0.1) is 16.9 Å². The molecule has 1 amide bonds. The maximum Gasteiger partial charge on any atom is 0.322 e. The van der Waals surface area contributed by atoms with Crippen LogP contribution < -0.4 is 5.32 Å². The summed E-state index contributed by atoms with van der Waals surface area (Å²) in [4.78, 5) is 13.1. The Kier molecular flexibility index (Phi) is 5.42. The summed E-state index contributed by atoms with van der Waals surface area (Å²) in [6.45, 7) is 6.53. The highest BCUT2D eigenvalue weighted by Gasteiger charge is 2.14. The van der Waals surface area contributed by atoms with E-state index in [9.17, 15) is 4.79 Å². The molecule has 0 fully saturated rings. The molecule has 2 aromatic carbocycles. The predicted octanol–water partition coefficient (Wildman–Crippen LogP) is 4.76. The third-order valence-corrected chi connectivity index (χ3v) is 4.79. The summed E-state index contributed by atoms with van der Waals surface area (Å²) in [5.41, 5.74) is 2.20. The van der Waals surface area contributed by atoms with Gasteiger partial charge >= 0.3 is 6.01 Å². The Morgan fingerprint density at radius 1 is 1.04 bits per heavy atom. The molecule has 0 spiro atoms. The fourth-order valence-electron chi connectivity index (χ4n) is 2.33. The summed E-state index contributed by atoms with van der Waals surface area (Å²) in [5.74, 6) is 0.474. The highest BCUT2D eigenvalue weighted by Crippen LogP contribution is 2.26. The lowest BCUT2D eigenvalue weighted by Gasteiger charge is -2.18. The number of hydrogen-bond acceptors (Lipinski definition) is 5. The van der Waals surface area contributed by atoms with Gasteiger partial charge in [0.1, 0.15) is 0 Å². The Hall–Kier alpha value is -2.60. The fraction of sp³-hybridized carbons (Fsp3) is 0.250. The summed E-state index contributed by atoms with van der Waals surface area (Å²) in [6, 6.07) is 17.8. The molecule has 6 heteroatoms. The molecule has 3 aromatic rings. The first-order chi connectivity index (χ1) is 12.4. The van der Waals surface area contributed by atoms with Crippen LogP contribution in [0.25, 0.3) is 11.5 Å². The van der Waals surface area contributed by atoms with Crippen LogP contribution in [0.15, 0.2) is 63.9 Å². The van der Waals surface area contributed by atoms with E-state index in [2.05, 4.69) is 48.4 Å². The van der Waals surface area contributed by atoms with Gasteiger partial charge in [-0.05, 0) is 35.2 Å². The number of carbonyl (C=O) groups is 1. The van der Waals surface area contributed by atoms with Crippen LogP contribution in [0.4, 0.5) is 6.01 Å². The number of rotatable bonds is 5. The molecule has 1 heterocycles. The van der Waals surface area contributed by atoms with Crippen molar-refractivity contribution < 1.29 is 9.21 Å². The second-order valence-corrected chi connectivity index (χ2v) is 7.94. The van der Waals surface area contributed by atoms with E-state index in [-0.39, 0.29) is 23.1 Å². The van der Waals surface area contributed by atoms with Crippen LogP contribution in [0.5, 0.6) is 0 Å². The maximum atomic E-state index is 12.1. The number of nitrogens with one attached hydrogen (secondary N) is 1. The van der Waals surface area contributed by atoms with E-state index in [1.165, 1.54) is 17.3 Å². The van der Waals surface area contributed by atoms with Crippen LogP contribution in [0.3, 0.4) is 0 Å². The van der Waals surface area contributed by atoms with Gasteiger partial charge in [-0.3, -0.25) is 10.1 Å². The predicted molar refractivity (Wildman–Crippen MR) is 104 cm³/mol. The van der Waals surface area contributed by atoms with E-state index in [4.69, 9.17) is 4.42 Å². The van der Waals surface area contributed by atoms with E-state index in [1.54, 1.807) is 0 Å². The minimum atomic E-state index is -0.182. The number of aromatic nitrogens is 2. The Balaban J connectivity index is 1.54. The van der Waals surface area contributed by atoms with Crippen molar-refractivity contribution in [1.29, 1.82) is 0 Å². The van der Waals surface area contributed by atoms with Crippen LogP contribution in [-0.2, 0) is 10.2 Å². The van der Waals surface area contributed by atoms with E-state index < -0.39 is 0 Å². The molecule has 0 unspecified atom stereocenters. The highest BCUT2D eigenvalue weighted by atomic mass is 32.2. The monoisotopic (exact) mass is 367 g/mol. The number of anilines is 1.